The van der Waals surface area contributed by atoms with Crippen LogP contribution in [0.5, 0.6) is 5.75 Å². The number of carbonyl (C=O) groups excluding carboxylic acids is 4. The molecule has 1 fully saturated rings. The first kappa shape index (κ1) is 17.1. The maximum atomic E-state index is 11.7. The molecule has 0 aliphatic carbocycles. The molecule has 130 valence electrons. The summed E-state index contributed by atoms with van der Waals surface area (Å²) in [5.74, 6) is -0.889. The Morgan fingerprint density at radius 3 is 2.23 bits per heavy atom. The van der Waals surface area contributed by atoms with Gasteiger partial charge in [-0.3, -0.25) is 25.0 Å². The van der Waals surface area contributed by atoms with Gasteiger partial charge in [0, 0.05) is 5.56 Å². The summed E-state index contributed by atoms with van der Waals surface area (Å²) >= 11 is 0. The topological polar surface area (TPSA) is 102 Å². The molecule has 0 saturated carbocycles. The van der Waals surface area contributed by atoms with E-state index in [0.29, 0.717) is 23.5 Å². The van der Waals surface area contributed by atoms with Crippen LogP contribution in [0, 0.1) is 0 Å². The van der Waals surface area contributed by atoms with Gasteiger partial charge in [0.25, 0.3) is 11.8 Å². The van der Waals surface area contributed by atoms with Crippen molar-refractivity contribution in [2.24, 2.45) is 0 Å². The van der Waals surface area contributed by atoms with Crippen molar-refractivity contribution < 1.29 is 23.9 Å². The summed E-state index contributed by atoms with van der Waals surface area (Å²) < 4.78 is 5.65. The average Bonchev–Trinajstić information content (AvgIpc) is 2.64. The number of carbonyl (C=O) groups is 4. The molecule has 7 heteroatoms. The number of imide groups is 2. The minimum Gasteiger partial charge on any atom is -0.489 e. The second-order valence-electron chi connectivity index (χ2n) is 5.52. The highest BCUT2D eigenvalue weighted by molar-refractivity contribution is 6.31. The fourth-order valence-corrected chi connectivity index (χ4v) is 2.36. The van der Waals surface area contributed by atoms with Crippen LogP contribution in [0.3, 0.4) is 0 Å². The molecule has 7 nitrogen and oxygen atoms in total. The molecule has 26 heavy (non-hydrogen) atoms. The largest absolute Gasteiger partial charge is 0.489 e. The summed E-state index contributed by atoms with van der Waals surface area (Å²) in [7, 11) is 0. The number of urea groups is 1. The highest BCUT2D eigenvalue weighted by Crippen LogP contribution is 2.17. The average molecular weight is 350 g/mol. The smallest absolute Gasteiger partial charge is 0.328 e. The van der Waals surface area contributed by atoms with Crippen LogP contribution in [0.4, 0.5) is 4.79 Å². The highest BCUT2D eigenvalue weighted by atomic mass is 16.5. The molecule has 2 aromatic rings. The SMILES string of the molecule is O=Cc1cccc(COc2ccc(C=C3C(=O)NC(=O)NC3=O)cc2)c1. The van der Waals surface area contributed by atoms with Crippen LogP contribution in [0.1, 0.15) is 21.5 Å². The van der Waals surface area contributed by atoms with Crippen LogP contribution in [-0.2, 0) is 16.2 Å². The third-order valence-corrected chi connectivity index (χ3v) is 3.63. The predicted octanol–water partition coefficient (Wildman–Crippen LogP) is 1.83. The van der Waals surface area contributed by atoms with E-state index in [1.165, 1.54) is 6.08 Å². The first-order chi connectivity index (χ1) is 12.5. The third kappa shape index (κ3) is 4.02. The van der Waals surface area contributed by atoms with E-state index in [1.54, 1.807) is 42.5 Å². The number of rotatable bonds is 5. The zero-order valence-corrected chi connectivity index (χ0v) is 13.5. The Hall–Kier alpha value is -3.74. The van der Waals surface area contributed by atoms with Crippen LogP contribution in [-0.4, -0.2) is 24.1 Å². The Morgan fingerprint density at radius 1 is 0.885 bits per heavy atom. The quantitative estimate of drug-likeness (QED) is 0.487. The van der Waals surface area contributed by atoms with Crippen molar-refractivity contribution >= 4 is 30.2 Å². The van der Waals surface area contributed by atoms with E-state index in [4.69, 9.17) is 4.74 Å². The molecule has 1 heterocycles. The molecule has 3 rings (SSSR count). The fourth-order valence-electron chi connectivity index (χ4n) is 2.36. The van der Waals surface area contributed by atoms with Gasteiger partial charge in [0.2, 0.25) is 0 Å². The van der Waals surface area contributed by atoms with Gasteiger partial charge in [0.1, 0.15) is 24.2 Å². The normalized spacial score (nSPS) is 13.7. The summed E-state index contributed by atoms with van der Waals surface area (Å²) in [6.45, 7) is 0.301. The van der Waals surface area contributed by atoms with Gasteiger partial charge < -0.3 is 4.74 Å². The van der Waals surface area contributed by atoms with Gasteiger partial charge in [0.15, 0.2) is 0 Å². The van der Waals surface area contributed by atoms with Crippen LogP contribution in [0.25, 0.3) is 6.08 Å². The van der Waals surface area contributed by atoms with Crippen LogP contribution < -0.4 is 15.4 Å². The number of benzene rings is 2. The van der Waals surface area contributed by atoms with E-state index in [-0.39, 0.29) is 5.57 Å². The third-order valence-electron chi connectivity index (χ3n) is 3.63. The van der Waals surface area contributed by atoms with E-state index >= 15 is 0 Å². The van der Waals surface area contributed by atoms with Gasteiger partial charge in [-0.15, -0.1) is 0 Å². The molecule has 0 aromatic heterocycles. The molecule has 0 atom stereocenters. The maximum Gasteiger partial charge on any atom is 0.328 e. The number of amides is 4. The molecule has 1 aliphatic heterocycles. The molecule has 4 amide bonds. The maximum absolute atomic E-state index is 11.7. The van der Waals surface area contributed by atoms with E-state index < -0.39 is 17.8 Å². The Labute approximate surface area is 148 Å². The Balaban J connectivity index is 1.67. The van der Waals surface area contributed by atoms with E-state index in [0.717, 1.165) is 11.8 Å². The zero-order valence-electron chi connectivity index (χ0n) is 13.5. The van der Waals surface area contributed by atoms with Crippen molar-refractivity contribution in [3.8, 4) is 5.75 Å². The minimum absolute atomic E-state index is 0.149. The van der Waals surface area contributed by atoms with Gasteiger partial charge >= 0.3 is 6.03 Å². The second-order valence-corrected chi connectivity index (χ2v) is 5.52. The Morgan fingerprint density at radius 2 is 1.58 bits per heavy atom. The Kier molecular flexibility index (Phi) is 4.89. The lowest BCUT2D eigenvalue weighted by molar-refractivity contribution is -0.123. The lowest BCUT2D eigenvalue weighted by Gasteiger charge is -2.14. The molecule has 1 aliphatic rings. The van der Waals surface area contributed by atoms with Crippen LogP contribution in [0.2, 0.25) is 0 Å². The number of hydrogen-bond donors (Lipinski definition) is 2. The molecule has 2 aromatic carbocycles. The molecule has 0 spiro atoms. The van der Waals surface area contributed by atoms with Crippen LogP contribution in [0.15, 0.2) is 54.1 Å². The van der Waals surface area contributed by atoms with Crippen molar-refractivity contribution in [3.05, 3.63) is 70.8 Å². The van der Waals surface area contributed by atoms with E-state index in [1.807, 2.05) is 16.7 Å². The summed E-state index contributed by atoms with van der Waals surface area (Å²) in [5, 5.41) is 4.02. The lowest BCUT2D eigenvalue weighted by atomic mass is 10.1. The lowest BCUT2D eigenvalue weighted by Crippen LogP contribution is -2.51. The first-order valence-electron chi connectivity index (χ1n) is 7.70. The van der Waals surface area contributed by atoms with Crippen molar-refractivity contribution in [3.63, 3.8) is 0 Å². The van der Waals surface area contributed by atoms with Gasteiger partial charge in [-0.05, 0) is 35.4 Å². The molecule has 0 radical (unpaired) electrons. The van der Waals surface area contributed by atoms with Gasteiger partial charge in [0.05, 0.1) is 0 Å². The number of aldehydes is 1. The van der Waals surface area contributed by atoms with Gasteiger partial charge in [-0.2, -0.15) is 0 Å². The molecular weight excluding hydrogens is 336 g/mol. The summed E-state index contributed by atoms with van der Waals surface area (Å²) in [6.07, 6.45) is 2.16. The standard InChI is InChI=1S/C19H14N2O5/c22-10-13-2-1-3-14(8-13)11-26-15-6-4-12(5-7-15)9-16-17(23)20-19(25)21-18(16)24/h1-10H,11H2,(H2,20,21,23,24,25). The fraction of sp³-hybridized carbons (Fsp3) is 0.0526. The van der Waals surface area contributed by atoms with Crippen molar-refractivity contribution in [1.82, 2.24) is 10.6 Å². The van der Waals surface area contributed by atoms with Crippen molar-refractivity contribution in [2.75, 3.05) is 0 Å². The molecule has 2 N–H and O–H groups in total. The van der Waals surface area contributed by atoms with Crippen LogP contribution >= 0.6 is 0 Å². The number of nitrogens with one attached hydrogen (secondary N) is 2. The molecular formula is C19H14N2O5. The van der Waals surface area contributed by atoms with Gasteiger partial charge in [-0.1, -0.05) is 30.3 Å². The minimum atomic E-state index is -0.834. The molecule has 1 saturated heterocycles. The molecule has 0 unspecified atom stereocenters. The Bertz CT molecular complexity index is 894. The van der Waals surface area contributed by atoms with E-state index in [9.17, 15) is 19.2 Å². The highest BCUT2D eigenvalue weighted by Gasteiger charge is 2.27. The molecule has 0 bridgehead atoms. The van der Waals surface area contributed by atoms with Crippen molar-refractivity contribution in [1.29, 1.82) is 0 Å². The first-order valence-corrected chi connectivity index (χ1v) is 7.70. The van der Waals surface area contributed by atoms with Gasteiger partial charge in [-0.25, -0.2) is 4.79 Å². The summed E-state index contributed by atoms with van der Waals surface area (Å²) in [6, 6.07) is 13.0. The summed E-state index contributed by atoms with van der Waals surface area (Å²) in [5.41, 5.74) is 1.90. The number of barbiturate groups is 1. The zero-order chi connectivity index (χ0) is 18.5. The van der Waals surface area contributed by atoms with E-state index in [2.05, 4.69) is 0 Å². The predicted molar refractivity (Wildman–Crippen MR) is 92.3 cm³/mol. The second kappa shape index (κ2) is 7.43. The van der Waals surface area contributed by atoms with Crippen molar-refractivity contribution in [2.45, 2.75) is 6.61 Å². The summed E-state index contributed by atoms with van der Waals surface area (Å²) in [4.78, 5) is 45.2. The number of hydrogen-bond acceptors (Lipinski definition) is 5. The monoisotopic (exact) mass is 350 g/mol. The number of ether oxygens (including phenoxy) is 1.